The summed E-state index contributed by atoms with van der Waals surface area (Å²) in [7, 11) is 0. The number of aryl methyl sites for hydroxylation is 1. The highest BCUT2D eigenvalue weighted by atomic mass is 16.5. The van der Waals surface area contributed by atoms with Gasteiger partial charge in [-0.15, -0.1) is 0 Å². The van der Waals surface area contributed by atoms with E-state index in [1.165, 1.54) is 5.56 Å². The number of carbonyl (C=O) groups is 1. The highest BCUT2D eigenvalue weighted by Crippen LogP contribution is 2.31. The van der Waals surface area contributed by atoms with E-state index in [1.54, 1.807) is 0 Å². The van der Waals surface area contributed by atoms with E-state index in [9.17, 15) is 4.79 Å². The van der Waals surface area contributed by atoms with Crippen molar-refractivity contribution in [1.82, 2.24) is 0 Å². The van der Waals surface area contributed by atoms with Gasteiger partial charge in [0.05, 0.1) is 6.61 Å². The van der Waals surface area contributed by atoms with Gasteiger partial charge in [0.2, 0.25) is 0 Å². The Kier molecular flexibility index (Phi) is 7.91. The van der Waals surface area contributed by atoms with Crippen LogP contribution in [0.25, 0.3) is 0 Å². The van der Waals surface area contributed by atoms with Crippen molar-refractivity contribution in [3.05, 3.63) is 35.9 Å². The summed E-state index contributed by atoms with van der Waals surface area (Å²) >= 11 is 0. The van der Waals surface area contributed by atoms with E-state index < -0.39 is 6.04 Å². The number of benzene rings is 1. The molecule has 0 aromatic heterocycles. The Morgan fingerprint density at radius 2 is 1.92 bits per heavy atom. The van der Waals surface area contributed by atoms with E-state index in [-0.39, 0.29) is 18.7 Å². The van der Waals surface area contributed by atoms with Crippen LogP contribution >= 0.6 is 0 Å². The van der Waals surface area contributed by atoms with Crippen molar-refractivity contribution < 1.29 is 14.3 Å². The zero-order valence-electron chi connectivity index (χ0n) is 15.8. The number of cyclic esters (lactones) is 1. The predicted molar refractivity (Wildman–Crippen MR) is 100 cm³/mol. The fourth-order valence-electron chi connectivity index (χ4n) is 3.72. The molecular weight excluding hydrogens is 314 g/mol. The van der Waals surface area contributed by atoms with Gasteiger partial charge in [-0.3, -0.25) is 4.79 Å². The Morgan fingerprint density at radius 3 is 2.60 bits per heavy atom. The van der Waals surface area contributed by atoms with Crippen LogP contribution in [0.1, 0.15) is 45.6 Å². The standard InChI is InChI=1S/C21H33NO3/c1-15(2)12-19-16(3)25-21(23)20(22)14-24-13-18(19)11-7-10-17-8-5-4-6-9-17/h4-6,8-9,15-16,18-20H,7,10-14,22H2,1-3H3/t16-,18-,19-,20-/m0/s1. The van der Waals surface area contributed by atoms with Crippen LogP contribution < -0.4 is 5.73 Å². The lowest BCUT2D eigenvalue weighted by Gasteiger charge is -2.32. The van der Waals surface area contributed by atoms with Crippen LogP contribution in [-0.2, 0) is 20.7 Å². The summed E-state index contributed by atoms with van der Waals surface area (Å²) < 4.78 is 11.4. The van der Waals surface area contributed by atoms with Gasteiger partial charge in [-0.1, -0.05) is 44.2 Å². The molecule has 2 N–H and O–H groups in total. The van der Waals surface area contributed by atoms with Gasteiger partial charge in [0.25, 0.3) is 0 Å². The maximum atomic E-state index is 12.0. The van der Waals surface area contributed by atoms with E-state index in [4.69, 9.17) is 15.2 Å². The normalized spacial score (nSPS) is 28.1. The Labute approximate surface area is 152 Å². The molecule has 1 heterocycles. The van der Waals surface area contributed by atoms with Gasteiger partial charge in [-0.05, 0) is 50.0 Å². The summed E-state index contributed by atoms with van der Waals surface area (Å²) in [5.41, 5.74) is 7.22. The van der Waals surface area contributed by atoms with Crippen LogP contribution in [0.3, 0.4) is 0 Å². The summed E-state index contributed by atoms with van der Waals surface area (Å²) in [6.45, 7) is 7.34. The molecule has 1 aromatic carbocycles. The molecule has 0 aliphatic carbocycles. The zero-order chi connectivity index (χ0) is 18.2. The molecule has 0 bridgehead atoms. The molecule has 0 spiro atoms. The third-order valence-corrected chi connectivity index (χ3v) is 5.07. The molecule has 1 fully saturated rings. The van der Waals surface area contributed by atoms with Gasteiger partial charge in [-0.2, -0.15) is 0 Å². The quantitative estimate of drug-likeness (QED) is 0.799. The number of nitrogens with two attached hydrogens (primary N) is 1. The molecule has 0 saturated carbocycles. The minimum absolute atomic E-state index is 0.121. The minimum atomic E-state index is -0.676. The van der Waals surface area contributed by atoms with Gasteiger partial charge < -0.3 is 15.2 Å². The summed E-state index contributed by atoms with van der Waals surface area (Å²) in [5.74, 6) is 0.910. The van der Waals surface area contributed by atoms with E-state index in [0.29, 0.717) is 24.4 Å². The fourth-order valence-corrected chi connectivity index (χ4v) is 3.72. The maximum absolute atomic E-state index is 12.0. The second-order valence-corrected chi connectivity index (χ2v) is 7.72. The smallest absolute Gasteiger partial charge is 0.325 e. The average Bonchev–Trinajstić information content (AvgIpc) is 2.62. The molecule has 140 valence electrons. The number of esters is 1. The summed E-state index contributed by atoms with van der Waals surface area (Å²) in [6, 6.07) is 9.90. The van der Waals surface area contributed by atoms with Crippen molar-refractivity contribution >= 4 is 5.97 Å². The van der Waals surface area contributed by atoms with E-state index in [2.05, 4.69) is 38.1 Å². The first-order valence-corrected chi connectivity index (χ1v) is 9.55. The van der Waals surface area contributed by atoms with Crippen molar-refractivity contribution in [2.75, 3.05) is 13.2 Å². The molecule has 0 unspecified atom stereocenters. The van der Waals surface area contributed by atoms with Gasteiger partial charge in [0, 0.05) is 12.5 Å². The number of hydrogen-bond acceptors (Lipinski definition) is 4. The average molecular weight is 347 g/mol. The molecule has 4 atom stereocenters. The first-order chi connectivity index (χ1) is 12.0. The third-order valence-electron chi connectivity index (χ3n) is 5.07. The van der Waals surface area contributed by atoms with Crippen LogP contribution in [0.5, 0.6) is 0 Å². The van der Waals surface area contributed by atoms with Gasteiger partial charge in [-0.25, -0.2) is 0 Å². The van der Waals surface area contributed by atoms with Gasteiger partial charge in [0.1, 0.15) is 12.1 Å². The summed E-state index contributed by atoms with van der Waals surface area (Å²) in [4.78, 5) is 12.0. The number of rotatable bonds is 6. The predicted octanol–water partition coefficient (Wildman–Crippen LogP) is 3.58. The van der Waals surface area contributed by atoms with Crippen molar-refractivity contribution in [2.24, 2.45) is 23.5 Å². The Balaban J connectivity index is 2.02. The van der Waals surface area contributed by atoms with Crippen molar-refractivity contribution in [1.29, 1.82) is 0 Å². The molecule has 4 nitrogen and oxygen atoms in total. The summed E-state index contributed by atoms with van der Waals surface area (Å²) in [6.07, 6.45) is 4.16. The largest absolute Gasteiger partial charge is 0.461 e. The number of hydrogen-bond donors (Lipinski definition) is 1. The SMILES string of the molecule is CC(C)C[C@@H]1[C@@H](CCCc2ccccc2)COC[C@H](N)C(=O)O[C@H]1C. The molecule has 2 rings (SSSR count). The topological polar surface area (TPSA) is 61.5 Å². The molecule has 25 heavy (non-hydrogen) atoms. The number of carbonyl (C=O) groups excluding carboxylic acids is 1. The highest BCUT2D eigenvalue weighted by Gasteiger charge is 2.33. The van der Waals surface area contributed by atoms with E-state index >= 15 is 0 Å². The second kappa shape index (κ2) is 9.93. The first kappa shape index (κ1) is 19.9. The zero-order valence-corrected chi connectivity index (χ0v) is 15.8. The second-order valence-electron chi connectivity index (χ2n) is 7.72. The summed E-state index contributed by atoms with van der Waals surface area (Å²) in [5, 5.41) is 0. The molecule has 1 aromatic rings. The van der Waals surface area contributed by atoms with Crippen LogP contribution in [0.15, 0.2) is 30.3 Å². The van der Waals surface area contributed by atoms with Crippen molar-refractivity contribution in [3.63, 3.8) is 0 Å². The molecule has 0 amide bonds. The number of ether oxygens (including phenoxy) is 2. The lowest BCUT2D eigenvalue weighted by molar-refractivity contribution is -0.153. The Morgan fingerprint density at radius 1 is 1.20 bits per heavy atom. The van der Waals surface area contributed by atoms with Crippen molar-refractivity contribution in [3.8, 4) is 0 Å². The lowest BCUT2D eigenvalue weighted by Crippen LogP contribution is -2.38. The molecule has 1 aliphatic heterocycles. The fraction of sp³-hybridized carbons (Fsp3) is 0.667. The molecular formula is C21H33NO3. The van der Waals surface area contributed by atoms with Gasteiger partial charge in [0.15, 0.2) is 0 Å². The molecule has 1 aliphatic rings. The molecule has 1 saturated heterocycles. The minimum Gasteiger partial charge on any atom is -0.461 e. The van der Waals surface area contributed by atoms with Crippen LogP contribution in [0.4, 0.5) is 0 Å². The third kappa shape index (κ3) is 6.44. The van der Waals surface area contributed by atoms with Crippen LogP contribution in [0, 0.1) is 17.8 Å². The molecule has 4 heteroatoms. The maximum Gasteiger partial charge on any atom is 0.325 e. The van der Waals surface area contributed by atoms with E-state index in [0.717, 1.165) is 25.7 Å². The lowest BCUT2D eigenvalue weighted by atomic mass is 9.79. The monoisotopic (exact) mass is 347 g/mol. The van der Waals surface area contributed by atoms with Crippen molar-refractivity contribution in [2.45, 2.75) is 58.6 Å². The Bertz CT molecular complexity index is 517. The highest BCUT2D eigenvalue weighted by molar-refractivity contribution is 5.75. The van der Waals surface area contributed by atoms with Gasteiger partial charge >= 0.3 is 5.97 Å². The molecule has 0 radical (unpaired) electrons. The van der Waals surface area contributed by atoms with E-state index in [1.807, 2.05) is 13.0 Å². The van der Waals surface area contributed by atoms with Crippen LogP contribution in [0.2, 0.25) is 0 Å². The Hall–Kier alpha value is -1.39. The first-order valence-electron chi connectivity index (χ1n) is 9.55. The van der Waals surface area contributed by atoms with Crippen LogP contribution in [-0.4, -0.2) is 31.3 Å².